The molecule has 2 aliphatic rings. The Morgan fingerprint density at radius 1 is 0.966 bits per heavy atom. The lowest BCUT2D eigenvalue weighted by Crippen LogP contribution is -2.62. The molecule has 0 aliphatic carbocycles. The molecule has 6 nitrogen and oxygen atoms in total. The molecule has 4 heterocycles. The zero-order chi connectivity index (χ0) is 19.7. The lowest BCUT2D eigenvalue weighted by atomic mass is 9.86. The summed E-state index contributed by atoms with van der Waals surface area (Å²) < 4.78 is 0. The second kappa shape index (κ2) is 5.73. The van der Waals surface area contributed by atoms with Crippen molar-refractivity contribution < 1.29 is 9.59 Å². The number of fused-ring (bicyclic) bond motifs is 5. The van der Waals surface area contributed by atoms with E-state index < -0.39 is 6.04 Å². The van der Waals surface area contributed by atoms with Crippen LogP contribution in [0.3, 0.4) is 0 Å². The molecule has 0 spiro atoms. The zero-order valence-electron chi connectivity index (χ0n) is 16.0. The van der Waals surface area contributed by atoms with Crippen molar-refractivity contribution in [2.75, 3.05) is 13.6 Å². The van der Waals surface area contributed by atoms with E-state index in [2.05, 4.69) is 28.2 Å². The van der Waals surface area contributed by atoms with E-state index in [1.165, 1.54) is 0 Å². The van der Waals surface area contributed by atoms with Gasteiger partial charge < -0.3 is 19.8 Å². The summed E-state index contributed by atoms with van der Waals surface area (Å²) in [4.78, 5) is 36.5. The number of hydrogen-bond donors (Lipinski definition) is 2. The Labute approximate surface area is 167 Å². The van der Waals surface area contributed by atoms with Gasteiger partial charge in [0.2, 0.25) is 11.8 Å². The highest BCUT2D eigenvalue weighted by Gasteiger charge is 2.47. The fraction of sp³-hybridized carbons (Fsp3) is 0.217. The van der Waals surface area contributed by atoms with E-state index in [1.54, 1.807) is 16.8 Å². The number of aromatic nitrogens is 2. The summed E-state index contributed by atoms with van der Waals surface area (Å²) >= 11 is 0. The lowest BCUT2D eigenvalue weighted by molar-refractivity contribution is -0.157. The first-order valence-corrected chi connectivity index (χ1v) is 9.85. The SMILES string of the molecule is CN1CC(=O)N2C(Cc3c([nH]c4ccccc34)C2c2c[nH]c3ccccc23)C1=O. The van der Waals surface area contributed by atoms with Crippen LogP contribution in [0.4, 0.5) is 0 Å². The highest BCUT2D eigenvalue weighted by molar-refractivity contribution is 5.98. The largest absolute Gasteiger partial charge is 0.361 e. The number of nitrogens with one attached hydrogen (secondary N) is 2. The van der Waals surface area contributed by atoms with Crippen molar-refractivity contribution in [2.24, 2.45) is 0 Å². The average molecular weight is 384 g/mol. The van der Waals surface area contributed by atoms with Crippen LogP contribution in [0.5, 0.6) is 0 Å². The van der Waals surface area contributed by atoms with Crippen LogP contribution >= 0.6 is 0 Å². The molecule has 2 atom stereocenters. The predicted octanol–water partition coefficient (Wildman–Crippen LogP) is 2.96. The maximum Gasteiger partial charge on any atom is 0.245 e. The molecule has 144 valence electrons. The summed E-state index contributed by atoms with van der Waals surface area (Å²) in [5.41, 5.74) is 5.22. The van der Waals surface area contributed by atoms with Crippen LogP contribution in [-0.2, 0) is 16.0 Å². The molecule has 2 aromatic heterocycles. The minimum atomic E-state index is -0.480. The molecule has 4 aromatic rings. The quantitative estimate of drug-likeness (QED) is 0.530. The summed E-state index contributed by atoms with van der Waals surface area (Å²) in [5.74, 6) is -0.0120. The van der Waals surface area contributed by atoms with Crippen LogP contribution in [0.25, 0.3) is 21.8 Å². The van der Waals surface area contributed by atoms with Gasteiger partial charge in [0, 0.05) is 52.7 Å². The molecule has 6 rings (SSSR count). The Morgan fingerprint density at radius 3 is 2.52 bits per heavy atom. The van der Waals surface area contributed by atoms with E-state index in [0.717, 1.165) is 38.6 Å². The van der Waals surface area contributed by atoms with E-state index in [9.17, 15) is 9.59 Å². The third-order valence-electron chi connectivity index (χ3n) is 6.37. The molecular weight excluding hydrogens is 364 g/mol. The summed E-state index contributed by atoms with van der Waals surface area (Å²) in [6.07, 6.45) is 2.51. The highest BCUT2D eigenvalue weighted by atomic mass is 16.2. The Hall–Kier alpha value is -3.54. The maximum absolute atomic E-state index is 13.2. The van der Waals surface area contributed by atoms with E-state index >= 15 is 0 Å². The third-order valence-corrected chi connectivity index (χ3v) is 6.37. The van der Waals surface area contributed by atoms with Crippen molar-refractivity contribution in [2.45, 2.75) is 18.5 Å². The van der Waals surface area contributed by atoms with E-state index in [4.69, 9.17) is 0 Å². The van der Waals surface area contributed by atoms with Crippen LogP contribution in [0.15, 0.2) is 54.7 Å². The molecule has 2 amide bonds. The van der Waals surface area contributed by atoms with Crippen LogP contribution in [0.1, 0.15) is 22.9 Å². The van der Waals surface area contributed by atoms with E-state index in [1.807, 2.05) is 36.5 Å². The smallest absolute Gasteiger partial charge is 0.245 e. The number of benzene rings is 2. The molecule has 0 bridgehead atoms. The predicted molar refractivity (Wildman–Crippen MR) is 110 cm³/mol. The van der Waals surface area contributed by atoms with Crippen LogP contribution in [-0.4, -0.2) is 51.2 Å². The van der Waals surface area contributed by atoms with Crippen molar-refractivity contribution in [3.63, 3.8) is 0 Å². The van der Waals surface area contributed by atoms with Crippen molar-refractivity contribution in [3.05, 3.63) is 71.5 Å². The Kier molecular flexibility index (Phi) is 3.25. The van der Waals surface area contributed by atoms with Crippen LogP contribution in [0.2, 0.25) is 0 Å². The maximum atomic E-state index is 13.2. The molecule has 1 fully saturated rings. The van der Waals surface area contributed by atoms with Crippen LogP contribution in [0, 0.1) is 0 Å². The topological polar surface area (TPSA) is 72.2 Å². The molecule has 0 saturated carbocycles. The van der Waals surface area contributed by atoms with Gasteiger partial charge in [-0.1, -0.05) is 36.4 Å². The van der Waals surface area contributed by atoms with Gasteiger partial charge in [0.25, 0.3) is 0 Å². The number of nitrogens with zero attached hydrogens (tertiary/aromatic N) is 2. The number of carbonyl (C=O) groups excluding carboxylic acids is 2. The van der Waals surface area contributed by atoms with Gasteiger partial charge in [0.05, 0.1) is 6.54 Å². The van der Waals surface area contributed by atoms with Crippen molar-refractivity contribution >= 4 is 33.6 Å². The molecule has 0 radical (unpaired) electrons. The molecule has 1 saturated heterocycles. The second-order valence-electron chi connectivity index (χ2n) is 7.97. The lowest BCUT2D eigenvalue weighted by Gasteiger charge is -2.46. The Bertz CT molecular complexity index is 1300. The summed E-state index contributed by atoms with van der Waals surface area (Å²) in [5, 5.41) is 2.20. The normalized spacial score (nSPS) is 21.7. The number of H-pyrrole nitrogens is 2. The number of para-hydroxylation sites is 2. The van der Waals surface area contributed by atoms with Gasteiger partial charge >= 0.3 is 0 Å². The Balaban J connectivity index is 1.65. The number of hydrogen-bond acceptors (Lipinski definition) is 2. The van der Waals surface area contributed by atoms with Gasteiger partial charge in [0.15, 0.2) is 0 Å². The average Bonchev–Trinajstić information content (AvgIpc) is 3.32. The zero-order valence-corrected chi connectivity index (χ0v) is 16.0. The van der Waals surface area contributed by atoms with Crippen molar-refractivity contribution in [1.29, 1.82) is 0 Å². The number of amides is 2. The summed E-state index contributed by atoms with van der Waals surface area (Å²) in [6, 6.07) is 15.4. The number of carbonyl (C=O) groups is 2. The number of aromatic amines is 2. The van der Waals surface area contributed by atoms with Gasteiger partial charge in [-0.05, 0) is 17.7 Å². The molecule has 2 unspecified atom stereocenters. The number of likely N-dealkylation sites (N-methyl/N-ethyl adjacent to an activating group) is 1. The van der Waals surface area contributed by atoms with Crippen molar-refractivity contribution in [3.8, 4) is 0 Å². The fourth-order valence-corrected chi connectivity index (χ4v) is 5.05. The standard InChI is InChI=1S/C23H20N4O2/c1-26-12-20(28)27-19(23(26)29)10-15-13-6-3-5-9-18(13)25-21(15)22(27)16-11-24-17-8-4-2-7-14(16)17/h2-9,11,19,22,24-25H,10,12H2,1H3. The van der Waals surface area contributed by atoms with Gasteiger partial charge in [0.1, 0.15) is 12.1 Å². The Morgan fingerprint density at radius 2 is 1.69 bits per heavy atom. The molecule has 6 heteroatoms. The van der Waals surface area contributed by atoms with E-state index in [0.29, 0.717) is 6.42 Å². The third kappa shape index (κ3) is 2.17. The second-order valence-corrected chi connectivity index (χ2v) is 7.97. The van der Waals surface area contributed by atoms with Gasteiger partial charge in [-0.25, -0.2) is 0 Å². The molecule has 2 N–H and O–H groups in total. The first-order valence-electron chi connectivity index (χ1n) is 9.85. The molecule has 29 heavy (non-hydrogen) atoms. The minimum absolute atomic E-state index is 0.00497. The van der Waals surface area contributed by atoms with Crippen LogP contribution < -0.4 is 0 Å². The highest BCUT2D eigenvalue weighted by Crippen LogP contribution is 2.44. The van der Waals surface area contributed by atoms with E-state index in [-0.39, 0.29) is 24.4 Å². The molecular formula is C23H20N4O2. The van der Waals surface area contributed by atoms with Gasteiger partial charge in [-0.15, -0.1) is 0 Å². The monoisotopic (exact) mass is 384 g/mol. The summed E-state index contributed by atoms with van der Waals surface area (Å²) in [7, 11) is 1.71. The first kappa shape index (κ1) is 16.4. The molecule has 2 aliphatic heterocycles. The minimum Gasteiger partial charge on any atom is -0.361 e. The first-order chi connectivity index (χ1) is 14.1. The van der Waals surface area contributed by atoms with Crippen molar-refractivity contribution in [1.82, 2.24) is 19.8 Å². The summed E-state index contributed by atoms with van der Waals surface area (Å²) in [6.45, 7) is 0.115. The fourth-order valence-electron chi connectivity index (χ4n) is 5.05. The van der Waals surface area contributed by atoms with Gasteiger partial charge in [-0.2, -0.15) is 0 Å². The van der Waals surface area contributed by atoms with Gasteiger partial charge in [-0.3, -0.25) is 9.59 Å². The number of rotatable bonds is 1. The molecule has 2 aromatic carbocycles. The number of piperazine rings is 1.